The van der Waals surface area contributed by atoms with Crippen molar-refractivity contribution in [3.63, 3.8) is 0 Å². The number of rotatable bonds is 0. The van der Waals surface area contributed by atoms with Crippen molar-refractivity contribution in [3.8, 4) is 0 Å². The van der Waals surface area contributed by atoms with Crippen LogP contribution in [0.5, 0.6) is 0 Å². The molecule has 1 aliphatic heterocycles. The minimum absolute atomic E-state index is 0. The monoisotopic (exact) mass is 101 g/mol. The fourth-order valence-corrected chi connectivity index (χ4v) is 0.470. The van der Waals surface area contributed by atoms with Crippen molar-refractivity contribution in [2.75, 3.05) is 7.05 Å². The molecule has 0 aromatic heterocycles. The third-order valence-corrected chi connectivity index (χ3v) is 0.829. The Hall–Kier alpha value is -0.630. The number of allylic oxidation sites excluding steroid dienone is 2. The number of quaternary nitrogens is 1. The largest absolute Gasteiger partial charge is 1.00 e. The Balaban J connectivity index is 0.000000360. The highest BCUT2D eigenvalue weighted by Gasteiger charge is 1.89. The Labute approximate surface area is 42.3 Å². The van der Waals surface area contributed by atoms with E-state index in [1.807, 2.05) is 12.2 Å². The normalized spacial score (nSPS) is 17.3. The van der Waals surface area contributed by atoms with E-state index in [2.05, 4.69) is 19.4 Å². The van der Waals surface area contributed by atoms with Gasteiger partial charge < -0.3 is 4.70 Å². The van der Waals surface area contributed by atoms with Crippen LogP contribution < -0.4 is 9.60 Å². The lowest BCUT2D eigenvalue weighted by Gasteiger charge is -1.89. The second-order valence-electron chi connectivity index (χ2n) is 1.46. The molecule has 1 heterocycles. The van der Waals surface area contributed by atoms with E-state index in [4.69, 9.17) is 0 Å². The lowest BCUT2D eigenvalue weighted by atomic mass is 10.6. The summed E-state index contributed by atoms with van der Waals surface area (Å²) in [4.78, 5) is 1.34. The van der Waals surface area contributed by atoms with Crippen molar-refractivity contribution >= 4 is 0 Å². The van der Waals surface area contributed by atoms with Crippen LogP contribution in [-0.2, 0) is 0 Å². The van der Waals surface area contributed by atoms with E-state index >= 15 is 0 Å². The van der Waals surface area contributed by atoms with E-state index < -0.39 is 0 Å². The number of nitrogens with one attached hydrogen (secondary N) is 1. The van der Waals surface area contributed by atoms with E-state index in [0.29, 0.717) is 0 Å². The fourth-order valence-electron chi connectivity index (χ4n) is 0.470. The van der Waals surface area contributed by atoms with E-state index in [1.165, 1.54) is 4.90 Å². The van der Waals surface area contributed by atoms with Crippen LogP contribution in [0, 0.1) is 0 Å². The molecule has 0 radical (unpaired) electrons. The van der Waals surface area contributed by atoms with Gasteiger partial charge in [-0.15, -0.1) is 0 Å². The molecule has 0 saturated heterocycles. The minimum Gasteiger partial charge on any atom is -1.00 e. The molecule has 0 spiro atoms. The van der Waals surface area contributed by atoms with Crippen molar-refractivity contribution in [1.82, 2.24) is 0 Å². The highest BCUT2D eigenvalue weighted by atomic mass is 19.0. The third kappa shape index (κ3) is 1.50. The Morgan fingerprint density at radius 2 is 1.57 bits per heavy atom. The molecule has 1 nitrogen and oxygen atoms in total. The maximum absolute atomic E-state index is 2.08. The average molecular weight is 101 g/mol. The van der Waals surface area contributed by atoms with Gasteiger partial charge in [0.1, 0.15) is 0 Å². The summed E-state index contributed by atoms with van der Waals surface area (Å²) in [7, 11) is 2.08. The first-order valence-electron chi connectivity index (χ1n) is 2.08. The molecule has 0 saturated carbocycles. The van der Waals surface area contributed by atoms with Gasteiger partial charge in [-0.3, -0.25) is 4.90 Å². The number of hydrogen-bond donors (Lipinski definition) is 1. The van der Waals surface area contributed by atoms with Gasteiger partial charge in [-0.05, 0) is 12.2 Å². The van der Waals surface area contributed by atoms with E-state index in [0.717, 1.165) is 0 Å². The maximum atomic E-state index is 2.08. The highest BCUT2D eigenvalue weighted by molar-refractivity contribution is 5.00. The number of hydrogen-bond acceptors (Lipinski definition) is 0. The van der Waals surface area contributed by atoms with Crippen LogP contribution >= 0.6 is 0 Å². The molecule has 0 atom stereocenters. The molecule has 40 valence electrons. The van der Waals surface area contributed by atoms with Gasteiger partial charge >= 0.3 is 0 Å². The Morgan fingerprint density at radius 1 is 1.14 bits per heavy atom. The van der Waals surface area contributed by atoms with Crippen LogP contribution in [0.15, 0.2) is 24.6 Å². The quantitative estimate of drug-likeness (QED) is 0.323. The second kappa shape index (κ2) is 2.53. The lowest BCUT2D eigenvalue weighted by Crippen LogP contribution is -3.00. The zero-order valence-corrected chi connectivity index (χ0v) is 4.19. The fraction of sp³-hybridized carbons (Fsp3) is 0.200. The van der Waals surface area contributed by atoms with Crippen molar-refractivity contribution in [2.24, 2.45) is 0 Å². The highest BCUT2D eigenvalue weighted by Crippen LogP contribution is 1.71. The first-order chi connectivity index (χ1) is 2.89. The van der Waals surface area contributed by atoms with Crippen LogP contribution in [-0.4, -0.2) is 7.05 Å². The summed E-state index contributed by atoms with van der Waals surface area (Å²) in [6, 6.07) is 0. The van der Waals surface area contributed by atoms with Crippen LogP contribution in [0.25, 0.3) is 0 Å². The van der Waals surface area contributed by atoms with Gasteiger partial charge in [-0.2, -0.15) is 0 Å². The smallest absolute Gasteiger partial charge is 0.0987 e. The third-order valence-electron chi connectivity index (χ3n) is 0.829. The van der Waals surface area contributed by atoms with Gasteiger partial charge in [0.15, 0.2) is 0 Å². The summed E-state index contributed by atoms with van der Waals surface area (Å²) in [5.74, 6) is 0. The van der Waals surface area contributed by atoms with Crippen molar-refractivity contribution < 1.29 is 9.60 Å². The predicted molar refractivity (Wildman–Crippen MR) is 25.2 cm³/mol. The minimum atomic E-state index is 0. The predicted octanol–water partition coefficient (Wildman–Crippen LogP) is -3.45. The van der Waals surface area contributed by atoms with E-state index in [1.54, 1.807) is 0 Å². The summed E-state index contributed by atoms with van der Waals surface area (Å²) in [5.41, 5.74) is 0. The van der Waals surface area contributed by atoms with E-state index in [9.17, 15) is 0 Å². The molecule has 2 heteroatoms. The Kier molecular flexibility index (Phi) is 2.30. The molecule has 0 fully saturated rings. The van der Waals surface area contributed by atoms with Crippen molar-refractivity contribution in [2.45, 2.75) is 0 Å². The summed E-state index contributed by atoms with van der Waals surface area (Å²) in [6.45, 7) is 0. The molecular weight excluding hydrogens is 93.1 g/mol. The SMILES string of the molecule is C[NH+]1C=CC=C1.[F-]. The summed E-state index contributed by atoms with van der Waals surface area (Å²) >= 11 is 0. The standard InChI is InChI=1S/C5H7N.FH/c1-6-4-2-3-5-6;/h2-5H,1H3;1H. The summed E-state index contributed by atoms with van der Waals surface area (Å²) in [5, 5.41) is 0. The van der Waals surface area contributed by atoms with Gasteiger partial charge in [0.2, 0.25) is 0 Å². The molecule has 0 aromatic carbocycles. The van der Waals surface area contributed by atoms with Crippen molar-refractivity contribution in [1.29, 1.82) is 0 Å². The molecule has 1 N–H and O–H groups in total. The number of halogens is 1. The van der Waals surface area contributed by atoms with Crippen LogP contribution in [0.4, 0.5) is 0 Å². The lowest BCUT2D eigenvalue weighted by molar-refractivity contribution is -0.762. The molecule has 1 aliphatic rings. The van der Waals surface area contributed by atoms with Crippen molar-refractivity contribution in [3.05, 3.63) is 24.6 Å². The van der Waals surface area contributed by atoms with Crippen LogP contribution in [0.3, 0.4) is 0 Å². The molecular formula is C5H8FN. The average Bonchev–Trinajstić information content (AvgIpc) is 1.86. The van der Waals surface area contributed by atoms with Gasteiger partial charge in [0, 0.05) is 0 Å². The van der Waals surface area contributed by atoms with Gasteiger partial charge in [-0.25, -0.2) is 0 Å². The first-order valence-corrected chi connectivity index (χ1v) is 2.08. The molecule has 0 aromatic rings. The topological polar surface area (TPSA) is 4.44 Å². The van der Waals surface area contributed by atoms with Crippen LogP contribution in [0.2, 0.25) is 0 Å². The maximum Gasteiger partial charge on any atom is 0.0987 e. The second-order valence-corrected chi connectivity index (χ2v) is 1.46. The molecule has 0 bridgehead atoms. The molecule has 1 rings (SSSR count). The van der Waals surface area contributed by atoms with Gasteiger partial charge in [0.05, 0.1) is 19.4 Å². The molecule has 0 unspecified atom stereocenters. The molecule has 0 amide bonds. The Morgan fingerprint density at radius 3 is 1.71 bits per heavy atom. The van der Waals surface area contributed by atoms with E-state index in [-0.39, 0.29) is 4.70 Å². The molecule has 7 heavy (non-hydrogen) atoms. The molecule has 0 aliphatic carbocycles. The zero-order chi connectivity index (χ0) is 4.41. The van der Waals surface area contributed by atoms with Crippen LogP contribution in [0.1, 0.15) is 0 Å². The van der Waals surface area contributed by atoms with Gasteiger partial charge in [0.25, 0.3) is 0 Å². The first kappa shape index (κ1) is 6.37. The Bertz CT molecular complexity index is 84.3. The van der Waals surface area contributed by atoms with Gasteiger partial charge in [-0.1, -0.05) is 0 Å². The summed E-state index contributed by atoms with van der Waals surface area (Å²) < 4.78 is 0. The zero-order valence-electron chi connectivity index (χ0n) is 4.19. The summed E-state index contributed by atoms with van der Waals surface area (Å²) in [6.07, 6.45) is 8.24.